The van der Waals surface area contributed by atoms with E-state index >= 15 is 0 Å². The Morgan fingerprint density at radius 1 is 1.03 bits per heavy atom. The minimum absolute atomic E-state index is 0.141. The number of rotatable bonds is 6. The summed E-state index contributed by atoms with van der Waals surface area (Å²) in [6.45, 7) is 7.82. The van der Waals surface area contributed by atoms with Gasteiger partial charge < -0.3 is 24.7 Å². The highest BCUT2D eigenvalue weighted by Gasteiger charge is 2.47. The molecule has 1 saturated carbocycles. The Bertz CT molecular complexity index is 1440. The molecule has 7 nitrogen and oxygen atoms in total. The summed E-state index contributed by atoms with van der Waals surface area (Å²) in [4.78, 5) is 31.2. The SMILES string of the molecule is Cc1cc(C)c(CNC(=O)c2cc(-c3ccccc3)c3c(c2C)OC(C)(C2CCC(N(C)C)CC2)O3)c(=O)[nH]1. The molecular weight excluding hydrogens is 490 g/mol. The summed E-state index contributed by atoms with van der Waals surface area (Å²) in [5, 5.41) is 2.97. The minimum Gasteiger partial charge on any atom is -0.448 e. The summed E-state index contributed by atoms with van der Waals surface area (Å²) in [5.74, 6) is 0.518. The maximum atomic E-state index is 13.6. The van der Waals surface area contributed by atoms with E-state index in [1.807, 2.05) is 70.2 Å². The number of pyridine rings is 1. The first kappa shape index (κ1) is 27.0. The quantitative estimate of drug-likeness (QED) is 0.440. The van der Waals surface area contributed by atoms with Crippen LogP contribution >= 0.6 is 0 Å². The number of aromatic nitrogens is 1. The minimum atomic E-state index is -0.796. The summed E-state index contributed by atoms with van der Waals surface area (Å²) in [6, 6.07) is 14.3. The third kappa shape index (κ3) is 5.20. The molecule has 5 rings (SSSR count). The Hall–Kier alpha value is -3.58. The molecule has 0 bridgehead atoms. The Balaban J connectivity index is 1.47. The van der Waals surface area contributed by atoms with Crippen molar-refractivity contribution in [3.8, 4) is 22.6 Å². The number of hydrogen-bond acceptors (Lipinski definition) is 5. The number of aryl methyl sites for hydroxylation is 2. The molecule has 1 amide bonds. The van der Waals surface area contributed by atoms with Crippen LogP contribution in [0.5, 0.6) is 11.5 Å². The molecule has 1 fully saturated rings. The molecule has 1 aromatic heterocycles. The van der Waals surface area contributed by atoms with E-state index in [2.05, 4.69) is 29.3 Å². The van der Waals surface area contributed by atoms with E-state index in [4.69, 9.17) is 9.47 Å². The highest BCUT2D eigenvalue weighted by Crippen LogP contribution is 2.52. The lowest BCUT2D eigenvalue weighted by Gasteiger charge is -2.39. The van der Waals surface area contributed by atoms with E-state index in [1.54, 1.807) is 0 Å². The number of ether oxygens (including phenoxy) is 2. The van der Waals surface area contributed by atoms with Crippen molar-refractivity contribution < 1.29 is 14.3 Å². The van der Waals surface area contributed by atoms with Gasteiger partial charge >= 0.3 is 0 Å². The first-order chi connectivity index (χ1) is 18.6. The molecule has 2 aliphatic rings. The van der Waals surface area contributed by atoms with Crippen molar-refractivity contribution in [2.45, 2.75) is 71.8 Å². The molecular formula is C32H39N3O4. The van der Waals surface area contributed by atoms with E-state index in [9.17, 15) is 9.59 Å². The third-order valence-electron chi connectivity index (χ3n) is 8.51. The van der Waals surface area contributed by atoms with Crippen molar-refractivity contribution in [2.24, 2.45) is 5.92 Å². The van der Waals surface area contributed by atoms with Crippen LogP contribution in [-0.4, -0.2) is 41.7 Å². The topological polar surface area (TPSA) is 83.7 Å². The van der Waals surface area contributed by atoms with Gasteiger partial charge in [-0.25, -0.2) is 0 Å². The van der Waals surface area contributed by atoms with Gasteiger partial charge in [-0.05, 0) is 83.8 Å². The standard InChI is InChI=1S/C32H39N3O4/c1-19-16-20(2)34-31(37)27(19)18-33-30(36)25-17-26(22-10-8-7-9-11-22)29-28(21(25)3)38-32(4,39-29)23-12-14-24(15-13-23)35(5)6/h7-11,16-17,23-24H,12-15,18H2,1-6H3,(H,33,36)(H,34,37). The lowest BCUT2D eigenvalue weighted by molar-refractivity contribution is -0.123. The van der Waals surface area contributed by atoms with E-state index in [0.29, 0.717) is 28.7 Å². The Morgan fingerprint density at radius 3 is 2.33 bits per heavy atom. The van der Waals surface area contributed by atoms with Gasteiger partial charge in [-0.2, -0.15) is 0 Å². The number of nitrogens with one attached hydrogen (secondary N) is 2. The van der Waals surface area contributed by atoms with Gasteiger partial charge in [0.1, 0.15) is 0 Å². The van der Waals surface area contributed by atoms with Crippen LogP contribution in [-0.2, 0) is 6.54 Å². The number of aromatic amines is 1. The van der Waals surface area contributed by atoms with Gasteiger partial charge in [-0.15, -0.1) is 0 Å². The van der Waals surface area contributed by atoms with Crippen LogP contribution in [0.1, 0.15) is 65.3 Å². The Morgan fingerprint density at radius 2 is 1.69 bits per heavy atom. The molecule has 2 aromatic carbocycles. The average molecular weight is 530 g/mol. The van der Waals surface area contributed by atoms with Gasteiger partial charge in [0, 0.05) is 53.4 Å². The van der Waals surface area contributed by atoms with Crippen molar-refractivity contribution in [1.82, 2.24) is 15.2 Å². The highest BCUT2D eigenvalue weighted by molar-refractivity contribution is 5.99. The molecule has 7 heteroatoms. The molecule has 1 aliphatic heterocycles. The fraction of sp³-hybridized carbons (Fsp3) is 0.438. The first-order valence-electron chi connectivity index (χ1n) is 13.8. The van der Waals surface area contributed by atoms with E-state index in [0.717, 1.165) is 53.6 Å². The second-order valence-electron chi connectivity index (χ2n) is 11.4. The van der Waals surface area contributed by atoms with Gasteiger partial charge in [0.05, 0.1) is 0 Å². The van der Waals surface area contributed by atoms with Crippen molar-refractivity contribution in [3.05, 3.63) is 80.8 Å². The molecule has 2 heterocycles. The number of hydrogen-bond donors (Lipinski definition) is 2. The summed E-state index contributed by atoms with van der Waals surface area (Å²) in [5.41, 5.74) is 5.06. The number of carbonyl (C=O) groups excluding carboxylic acids is 1. The zero-order chi connectivity index (χ0) is 27.9. The van der Waals surface area contributed by atoms with Crippen molar-refractivity contribution in [1.29, 1.82) is 0 Å². The molecule has 39 heavy (non-hydrogen) atoms. The third-order valence-corrected chi connectivity index (χ3v) is 8.51. The maximum Gasteiger partial charge on any atom is 0.253 e. The number of H-pyrrole nitrogens is 1. The van der Waals surface area contributed by atoms with Crippen LogP contribution in [0.4, 0.5) is 0 Å². The van der Waals surface area contributed by atoms with Gasteiger partial charge in [-0.3, -0.25) is 9.59 Å². The zero-order valence-corrected chi connectivity index (χ0v) is 23.8. The molecule has 0 radical (unpaired) electrons. The van der Waals surface area contributed by atoms with Crippen LogP contribution in [0.2, 0.25) is 0 Å². The fourth-order valence-electron chi connectivity index (χ4n) is 6.10. The molecule has 206 valence electrons. The predicted molar refractivity (Wildman–Crippen MR) is 153 cm³/mol. The molecule has 1 atom stereocenters. The lowest BCUT2D eigenvalue weighted by Crippen LogP contribution is -2.46. The summed E-state index contributed by atoms with van der Waals surface area (Å²) in [7, 11) is 4.28. The second-order valence-corrected chi connectivity index (χ2v) is 11.4. The number of amides is 1. The van der Waals surface area contributed by atoms with Crippen molar-refractivity contribution in [3.63, 3.8) is 0 Å². The van der Waals surface area contributed by atoms with E-state index in [1.165, 1.54) is 0 Å². The normalized spacial score (nSPS) is 22.2. The van der Waals surface area contributed by atoms with Crippen LogP contribution in [0, 0.1) is 26.7 Å². The monoisotopic (exact) mass is 529 g/mol. The smallest absolute Gasteiger partial charge is 0.253 e. The molecule has 3 aromatic rings. The van der Waals surface area contributed by atoms with Crippen molar-refractivity contribution in [2.75, 3.05) is 14.1 Å². The fourth-order valence-corrected chi connectivity index (χ4v) is 6.10. The molecule has 2 N–H and O–H groups in total. The van der Waals surface area contributed by atoms with Crippen LogP contribution in [0.3, 0.4) is 0 Å². The van der Waals surface area contributed by atoms with Gasteiger partial charge in [0.2, 0.25) is 0 Å². The summed E-state index contributed by atoms with van der Waals surface area (Å²) >= 11 is 0. The lowest BCUT2D eigenvalue weighted by atomic mass is 9.81. The van der Waals surface area contributed by atoms with Crippen LogP contribution < -0.4 is 20.3 Å². The second kappa shape index (κ2) is 10.5. The Kier molecular flexibility index (Phi) is 7.29. The van der Waals surface area contributed by atoms with E-state index in [-0.39, 0.29) is 23.9 Å². The maximum absolute atomic E-state index is 13.6. The largest absolute Gasteiger partial charge is 0.448 e. The first-order valence-corrected chi connectivity index (χ1v) is 13.8. The molecule has 1 unspecified atom stereocenters. The molecule has 1 aliphatic carbocycles. The molecule has 0 spiro atoms. The van der Waals surface area contributed by atoms with Gasteiger partial charge in [0.25, 0.3) is 17.3 Å². The Labute approximate surface area is 230 Å². The zero-order valence-electron chi connectivity index (χ0n) is 23.8. The van der Waals surface area contributed by atoms with Crippen LogP contribution in [0.25, 0.3) is 11.1 Å². The number of carbonyl (C=O) groups is 1. The number of benzene rings is 2. The average Bonchev–Trinajstić information content (AvgIpc) is 3.28. The van der Waals surface area contributed by atoms with Gasteiger partial charge in [-0.1, -0.05) is 30.3 Å². The number of nitrogens with zero attached hydrogens (tertiary/aromatic N) is 1. The summed E-state index contributed by atoms with van der Waals surface area (Å²) in [6.07, 6.45) is 4.24. The predicted octanol–water partition coefficient (Wildman–Crippen LogP) is 5.50. The molecule has 0 saturated heterocycles. The summed E-state index contributed by atoms with van der Waals surface area (Å²) < 4.78 is 13.3. The van der Waals surface area contributed by atoms with E-state index < -0.39 is 5.79 Å². The highest BCUT2D eigenvalue weighted by atomic mass is 16.7. The number of fused-ring (bicyclic) bond motifs is 1. The van der Waals surface area contributed by atoms with Gasteiger partial charge in [0.15, 0.2) is 11.5 Å². The van der Waals surface area contributed by atoms with Crippen molar-refractivity contribution >= 4 is 5.91 Å². The van der Waals surface area contributed by atoms with Crippen LogP contribution in [0.15, 0.2) is 47.3 Å².